The third-order valence-corrected chi connectivity index (χ3v) is 18.5. The number of anilines is 6. The summed E-state index contributed by atoms with van der Waals surface area (Å²) in [5, 5.41) is 17.6. The largest absolute Gasteiger partial charge is 0.478 e. The topological polar surface area (TPSA) is 377 Å². The van der Waals surface area contributed by atoms with Gasteiger partial charge in [-0.15, -0.1) is 0 Å². The van der Waals surface area contributed by atoms with Crippen LogP contribution in [0.5, 0.6) is 0 Å². The Labute approximate surface area is 622 Å². The third-order valence-electron chi connectivity index (χ3n) is 13.1. The Morgan fingerprint density at radius 3 is 1.13 bits per heavy atom. The van der Waals surface area contributed by atoms with E-state index in [1.54, 1.807) is 130 Å². The number of carbonyl (C=O) groups excluding carboxylic acids is 6. The Morgan fingerprint density at radius 2 is 0.808 bits per heavy atom. The monoisotopic (exact) mass is 1520 g/mol. The SMILES string of the molecule is CCOC(=O)/C=C/c1cn2cc(CC)nc2s1.CCOC(=O)/C=C/c1cnc(N)s1.CCc1cn2cc(/C=C/C(=O)Nc3ccccc3N)sc2n1.CCc1cn2cc(/C=C/C(=O)Nc3ccccc3NC(=O)OC(C)(C)C)sc2n1.CCc1cn2cc(/C=C/C(=O)O)sc2n1.Nc1ncc(C=O)s1. The van der Waals surface area contributed by atoms with Gasteiger partial charge in [-0.3, -0.25) is 37.3 Å². The number of nitrogens with zero attached hydrogens (tertiary/aromatic N) is 10. The van der Waals surface area contributed by atoms with Crippen molar-refractivity contribution in [1.29, 1.82) is 0 Å². The summed E-state index contributed by atoms with van der Waals surface area (Å²) < 4.78 is 22.6. The molecular formula is C71H78N16O11S6. The van der Waals surface area contributed by atoms with Crippen molar-refractivity contribution in [1.82, 2.24) is 47.5 Å². The zero-order valence-electron chi connectivity index (χ0n) is 58.2. The van der Waals surface area contributed by atoms with Crippen molar-refractivity contribution in [2.75, 3.05) is 46.4 Å². The molecule has 0 atom stereocenters. The molecule has 0 saturated carbocycles. The predicted octanol–water partition coefficient (Wildman–Crippen LogP) is 14.6. The van der Waals surface area contributed by atoms with Crippen molar-refractivity contribution in [2.45, 2.75) is 93.6 Å². The molecule has 0 radical (unpaired) electrons. The number of hydrogen-bond acceptors (Lipinski definition) is 25. The van der Waals surface area contributed by atoms with Gasteiger partial charge in [-0.05, 0) is 115 Å². The van der Waals surface area contributed by atoms with Gasteiger partial charge in [0.2, 0.25) is 11.8 Å². The Hall–Kier alpha value is -11.2. The molecule has 27 nitrogen and oxygen atoms in total. The van der Waals surface area contributed by atoms with Gasteiger partial charge >= 0.3 is 24.0 Å². The molecule has 2 aromatic carbocycles. The first-order valence-electron chi connectivity index (χ1n) is 32.1. The van der Waals surface area contributed by atoms with E-state index in [4.69, 9.17) is 36.5 Å². The molecule has 10 N–H and O–H groups in total. The number of para-hydroxylation sites is 4. The van der Waals surface area contributed by atoms with Crippen LogP contribution in [0.3, 0.4) is 0 Å². The van der Waals surface area contributed by atoms with E-state index in [1.807, 2.05) is 79.3 Å². The van der Waals surface area contributed by atoms with Crippen LogP contribution in [0.2, 0.25) is 0 Å². The van der Waals surface area contributed by atoms with Gasteiger partial charge in [-0.1, -0.05) is 120 Å². The lowest BCUT2D eigenvalue weighted by molar-refractivity contribution is -0.138. The van der Waals surface area contributed by atoms with Crippen molar-refractivity contribution in [3.63, 3.8) is 0 Å². The van der Waals surface area contributed by atoms with Crippen molar-refractivity contribution in [2.24, 2.45) is 0 Å². The van der Waals surface area contributed by atoms with Crippen LogP contribution < -0.4 is 33.2 Å². The maximum Gasteiger partial charge on any atom is 0.412 e. The number of amides is 3. The van der Waals surface area contributed by atoms with E-state index in [-0.39, 0.29) is 23.8 Å². The first-order chi connectivity index (χ1) is 49.8. The van der Waals surface area contributed by atoms with E-state index in [0.29, 0.717) is 51.1 Å². The number of hydrogen-bond donors (Lipinski definition) is 7. The molecule has 10 aromatic heterocycles. The molecule has 0 fully saturated rings. The summed E-state index contributed by atoms with van der Waals surface area (Å²) in [4.78, 5) is 113. The summed E-state index contributed by atoms with van der Waals surface area (Å²) in [5.41, 5.74) is 22.1. The molecule has 544 valence electrons. The number of imidazole rings is 4. The molecule has 3 amide bonds. The number of ether oxygens (including phenoxy) is 3. The van der Waals surface area contributed by atoms with Crippen molar-refractivity contribution in [3.8, 4) is 0 Å². The Bertz CT molecular complexity index is 4900. The van der Waals surface area contributed by atoms with E-state index in [9.17, 15) is 33.6 Å². The number of fused-ring (bicyclic) bond motifs is 4. The number of rotatable bonds is 20. The van der Waals surface area contributed by atoms with Gasteiger partial charge < -0.3 is 47.2 Å². The molecule has 33 heteroatoms. The molecule has 10 heterocycles. The number of aldehydes is 1. The molecule has 12 aromatic rings. The predicted molar refractivity (Wildman–Crippen MR) is 419 cm³/mol. The zero-order chi connectivity index (χ0) is 75.3. The summed E-state index contributed by atoms with van der Waals surface area (Å²) in [5.74, 6) is -2.11. The first-order valence-corrected chi connectivity index (χ1v) is 37.0. The minimum atomic E-state index is -0.935. The van der Waals surface area contributed by atoms with Gasteiger partial charge in [0.15, 0.2) is 36.4 Å². The summed E-state index contributed by atoms with van der Waals surface area (Å²) in [6, 6.07) is 14.1. The average molecular weight is 1520 g/mol. The number of aryl methyl sites for hydroxylation is 4. The molecule has 0 aliphatic carbocycles. The Balaban J connectivity index is 0.000000181. The van der Waals surface area contributed by atoms with Crippen molar-refractivity contribution in [3.05, 3.63) is 193 Å². The number of carboxylic acids is 1. The van der Waals surface area contributed by atoms with E-state index >= 15 is 0 Å². The molecule has 0 aliphatic heterocycles. The summed E-state index contributed by atoms with van der Waals surface area (Å²) in [6.45, 7) is 18.0. The number of benzene rings is 2. The lowest BCUT2D eigenvalue weighted by Gasteiger charge is -2.20. The maximum absolute atomic E-state index is 12.3. The maximum atomic E-state index is 12.3. The second-order valence-electron chi connectivity index (χ2n) is 22.2. The van der Waals surface area contributed by atoms with Crippen LogP contribution in [0.1, 0.15) is 119 Å². The van der Waals surface area contributed by atoms with Gasteiger partial charge in [0.25, 0.3) is 0 Å². The highest BCUT2D eigenvalue weighted by Crippen LogP contribution is 2.26. The molecule has 0 spiro atoms. The molecular weight excluding hydrogens is 1450 g/mol. The van der Waals surface area contributed by atoms with Gasteiger partial charge in [-0.25, -0.2) is 49.1 Å². The smallest absolute Gasteiger partial charge is 0.412 e. The van der Waals surface area contributed by atoms with E-state index < -0.39 is 17.7 Å². The summed E-state index contributed by atoms with van der Waals surface area (Å²) >= 11 is 8.59. The van der Waals surface area contributed by atoms with E-state index in [1.165, 1.54) is 75.8 Å². The molecule has 0 saturated heterocycles. The Kier molecular flexibility index (Phi) is 30.7. The number of nitrogens with two attached hydrogens (primary N) is 3. The highest BCUT2D eigenvalue weighted by atomic mass is 32.1. The first kappa shape index (κ1) is 80.1. The Morgan fingerprint density at radius 1 is 0.462 bits per heavy atom. The number of nitrogen functional groups attached to an aromatic ring is 3. The normalized spacial score (nSPS) is 11.2. The summed E-state index contributed by atoms with van der Waals surface area (Å²) in [7, 11) is 0. The molecule has 104 heavy (non-hydrogen) atoms. The van der Waals surface area contributed by atoms with Crippen LogP contribution in [-0.2, 0) is 63.9 Å². The van der Waals surface area contributed by atoms with Gasteiger partial charge in [0, 0.05) is 111 Å². The van der Waals surface area contributed by atoms with Gasteiger partial charge in [0.1, 0.15) is 5.60 Å². The lowest BCUT2D eigenvalue weighted by Crippen LogP contribution is -2.27. The number of aromatic nitrogens is 10. The van der Waals surface area contributed by atoms with Crippen LogP contribution in [0.15, 0.2) is 141 Å². The standard InChI is InChI=1S/C21H24N4O3S.C16H16N4OS.C12H14N2O2S.C10H10N2O2S.C8H10N2O2S.C4H4N2OS/c1-5-14-12-25-13-15(29-19(25)22-14)10-11-18(26)23-16-8-6-7-9-17(16)24-20(27)28-21(2,3)4;1-2-11-9-20-10-12(22-16(20)18-11)7-8-15(21)19-14-6-4-3-5-13(14)17;1-3-9-7-14-8-10(17-12(14)13-9)5-6-11(15)16-4-2;1-2-7-5-12-6-8(3-4-9(13)14)15-10(12)11-7;1-2-12-7(11)4-3-6-5-10-8(9)13-6;5-4-6-1-3(2-7)8-4/h6-13H,5H2,1-4H3,(H,23,26)(H,24,27);3-10H,2,17H2,1H3,(H,19,21);5-8H,3-4H2,1-2H3;3-6H,2H2,1H3,(H,13,14);3-5H,2H2,1H3,(H2,9,10);1-2H,(H2,5,6)/b11-10+;8-7+;6-5+;2*4-3+;. The van der Waals surface area contributed by atoms with Gasteiger partial charge in [-0.2, -0.15) is 0 Å². The van der Waals surface area contributed by atoms with Crippen LogP contribution in [0, 0.1) is 0 Å². The number of nitrogens with one attached hydrogen (secondary N) is 3. The number of carbonyl (C=O) groups is 7. The van der Waals surface area contributed by atoms with Crippen LogP contribution in [0.25, 0.3) is 50.2 Å². The fourth-order valence-electron chi connectivity index (χ4n) is 8.40. The van der Waals surface area contributed by atoms with Crippen molar-refractivity contribution < 1.29 is 52.9 Å². The molecule has 0 bridgehead atoms. The fraction of sp³-hybridized carbons (Fsp3) is 0.225. The molecule has 12 rings (SSSR count). The third kappa shape index (κ3) is 26.3. The quantitative estimate of drug-likeness (QED) is 0.0122. The highest BCUT2D eigenvalue weighted by molar-refractivity contribution is 7.19. The van der Waals surface area contributed by atoms with Crippen LogP contribution in [-0.4, -0.2) is 114 Å². The zero-order valence-corrected chi connectivity index (χ0v) is 63.1. The number of carboxylic acid groups (broad SMARTS) is 1. The molecule has 0 aliphatic rings. The average Bonchev–Trinajstić information content (AvgIpc) is 1.68. The number of esters is 2. The highest BCUT2D eigenvalue weighted by Gasteiger charge is 2.18. The molecule has 0 unspecified atom stereocenters. The lowest BCUT2D eigenvalue weighted by atomic mass is 10.2. The summed E-state index contributed by atoms with van der Waals surface area (Å²) in [6.07, 6.45) is 37.9. The number of aliphatic carboxylic acids is 1. The van der Waals surface area contributed by atoms with Crippen LogP contribution in [0.4, 0.5) is 37.8 Å². The van der Waals surface area contributed by atoms with Gasteiger partial charge in [0.05, 0.1) is 69.8 Å². The van der Waals surface area contributed by atoms with Crippen LogP contribution >= 0.6 is 68.0 Å². The minimum absolute atomic E-state index is 0.210. The fourth-order valence-corrected chi connectivity index (χ4v) is 13.0. The van der Waals surface area contributed by atoms with Crippen molar-refractivity contribution >= 4 is 193 Å². The number of thiazole rings is 6. The van der Waals surface area contributed by atoms with E-state index in [2.05, 4.69) is 73.5 Å². The second-order valence-corrected chi connectivity index (χ2v) is 28.6. The van der Waals surface area contributed by atoms with E-state index in [0.717, 1.165) is 105 Å². The second kappa shape index (κ2) is 39.8. The minimum Gasteiger partial charge on any atom is -0.478 e.